The van der Waals surface area contributed by atoms with Crippen LogP contribution in [0.5, 0.6) is 5.75 Å². The highest BCUT2D eigenvalue weighted by Gasteiger charge is 2.15. The van der Waals surface area contributed by atoms with Crippen molar-refractivity contribution in [2.45, 2.75) is 26.7 Å². The van der Waals surface area contributed by atoms with Gasteiger partial charge in [0.1, 0.15) is 5.75 Å². The van der Waals surface area contributed by atoms with E-state index in [2.05, 4.69) is 21.2 Å². The Morgan fingerprint density at radius 2 is 1.77 bits per heavy atom. The highest BCUT2D eigenvalue weighted by Crippen LogP contribution is 2.22. The van der Waals surface area contributed by atoms with Crippen molar-refractivity contribution >= 4 is 40.7 Å². The zero-order chi connectivity index (χ0) is 22.8. The minimum Gasteiger partial charge on any atom is -0.497 e. The average molecular weight is 445 g/mol. The lowest BCUT2D eigenvalue weighted by molar-refractivity contribution is -0.136. The van der Waals surface area contributed by atoms with E-state index in [1.807, 2.05) is 24.3 Å². The lowest BCUT2D eigenvalue weighted by Gasteiger charge is -2.09. The van der Waals surface area contributed by atoms with E-state index >= 15 is 0 Å². The average Bonchev–Trinajstić information content (AvgIpc) is 2.75. The van der Waals surface area contributed by atoms with Gasteiger partial charge in [0.25, 0.3) is 0 Å². The van der Waals surface area contributed by atoms with Crippen molar-refractivity contribution in [3.8, 4) is 5.75 Å². The van der Waals surface area contributed by atoms with Crippen LogP contribution in [0.1, 0.15) is 24.5 Å². The van der Waals surface area contributed by atoms with E-state index in [4.69, 9.17) is 16.3 Å². The van der Waals surface area contributed by atoms with Gasteiger partial charge in [-0.05, 0) is 55.7 Å². The van der Waals surface area contributed by atoms with Gasteiger partial charge in [-0.15, -0.1) is 0 Å². The number of methoxy groups -OCH3 is 1. The summed E-state index contributed by atoms with van der Waals surface area (Å²) in [6.07, 6.45) is 0.670. The monoisotopic (exact) mass is 444 g/mol. The summed E-state index contributed by atoms with van der Waals surface area (Å²) in [5.41, 5.74) is 4.66. The van der Waals surface area contributed by atoms with Crippen LogP contribution in [0.3, 0.4) is 0 Å². The fourth-order valence-electron chi connectivity index (χ4n) is 2.59. The van der Waals surface area contributed by atoms with Crippen molar-refractivity contribution in [3.05, 3.63) is 58.6 Å². The molecule has 0 radical (unpaired) electrons. The molecule has 164 valence electrons. The molecule has 2 rings (SSSR count). The molecule has 0 unspecified atom stereocenters. The number of carbonyl (C=O) groups is 3. The Labute approximate surface area is 186 Å². The van der Waals surface area contributed by atoms with Crippen molar-refractivity contribution < 1.29 is 19.1 Å². The zero-order valence-corrected chi connectivity index (χ0v) is 18.4. The van der Waals surface area contributed by atoms with Crippen LogP contribution in [0.4, 0.5) is 5.69 Å². The summed E-state index contributed by atoms with van der Waals surface area (Å²) in [6, 6.07) is 12.6. The molecule has 0 atom stereocenters. The van der Waals surface area contributed by atoms with E-state index in [0.717, 1.165) is 11.3 Å². The third kappa shape index (κ3) is 7.75. The molecular formula is C22H25ClN4O4. The number of rotatable bonds is 8. The van der Waals surface area contributed by atoms with Gasteiger partial charge in [0.2, 0.25) is 5.91 Å². The summed E-state index contributed by atoms with van der Waals surface area (Å²) >= 11 is 5.99. The lowest BCUT2D eigenvalue weighted by atomic mass is 10.1. The second-order valence-corrected chi connectivity index (χ2v) is 7.19. The van der Waals surface area contributed by atoms with Gasteiger partial charge in [0.15, 0.2) is 0 Å². The van der Waals surface area contributed by atoms with E-state index < -0.39 is 11.8 Å². The molecule has 2 aromatic rings. The first-order valence-corrected chi connectivity index (χ1v) is 9.97. The lowest BCUT2D eigenvalue weighted by Crippen LogP contribution is -2.33. The van der Waals surface area contributed by atoms with Gasteiger partial charge in [0.05, 0.1) is 13.5 Å². The molecule has 0 spiro atoms. The van der Waals surface area contributed by atoms with Crippen molar-refractivity contribution in [3.63, 3.8) is 0 Å². The van der Waals surface area contributed by atoms with Gasteiger partial charge < -0.3 is 15.4 Å². The summed E-state index contributed by atoms with van der Waals surface area (Å²) in [5.74, 6) is -1.29. The second-order valence-electron chi connectivity index (χ2n) is 6.78. The first-order chi connectivity index (χ1) is 14.8. The Morgan fingerprint density at radius 3 is 2.45 bits per heavy atom. The third-order valence-corrected chi connectivity index (χ3v) is 4.79. The number of hydrogen-bond donors (Lipinski definition) is 3. The summed E-state index contributed by atoms with van der Waals surface area (Å²) < 4.78 is 5.11. The number of ether oxygens (including phenoxy) is 1. The number of carbonyl (C=O) groups excluding carboxylic acids is 3. The minimum absolute atomic E-state index is 0.00207. The molecule has 0 aromatic heterocycles. The number of nitrogens with one attached hydrogen (secondary N) is 3. The number of hydrazone groups is 1. The smallest absolute Gasteiger partial charge is 0.329 e. The van der Waals surface area contributed by atoms with Gasteiger partial charge >= 0.3 is 11.8 Å². The summed E-state index contributed by atoms with van der Waals surface area (Å²) in [6.45, 7) is 3.78. The molecule has 31 heavy (non-hydrogen) atoms. The highest BCUT2D eigenvalue weighted by atomic mass is 35.5. The quantitative estimate of drug-likeness (QED) is 0.330. The Hall–Kier alpha value is -3.39. The van der Waals surface area contributed by atoms with Gasteiger partial charge in [-0.25, -0.2) is 5.43 Å². The molecular weight excluding hydrogens is 420 g/mol. The van der Waals surface area contributed by atoms with E-state index in [1.54, 1.807) is 39.2 Å². The molecule has 2 aromatic carbocycles. The van der Waals surface area contributed by atoms with Crippen LogP contribution in [0.2, 0.25) is 5.02 Å². The maximum Gasteiger partial charge on any atom is 0.329 e. The molecule has 0 saturated heterocycles. The topological polar surface area (TPSA) is 109 Å². The Balaban J connectivity index is 1.75. The van der Waals surface area contributed by atoms with Crippen LogP contribution < -0.4 is 20.8 Å². The third-order valence-electron chi connectivity index (χ3n) is 4.38. The Morgan fingerprint density at radius 1 is 1.06 bits per heavy atom. The number of amides is 3. The van der Waals surface area contributed by atoms with Crippen LogP contribution in [0.15, 0.2) is 47.6 Å². The number of hydrogen-bond acceptors (Lipinski definition) is 5. The van der Waals surface area contributed by atoms with Crippen molar-refractivity contribution in [1.29, 1.82) is 0 Å². The van der Waals surface area contributed by atoms with Crippen LogP contribution in [-0.2, 0) is 20.8 Å². The Bertz CT molecular complexity index is 974. The largest absolute Gasteiger partial charge is 0.497 e. The number of benzene rings is 2. The number of halogens is 1. The summed E-state index contributed by atoms with van der Waals surface area (Å²) in [7, 11) is 1.61. The molecule has 8 nitrogen and oxygen atoms in total. The van der Waals surface area contributed by atoms with Crippen LogP contribution in [0.25, 0.3) is 0 Å². The zero-order valence-electron chi connectivity index (χ0n) is 17.6. The molecule has 0 aliphatic rings. The maximum absolute atomic E-state index is 12.0. The SMILES string of the molecule is COc1ccc(CCNC(=O)CC(C)=NNC(=O)C(=O)Nc2cccc(Cl)c2C)cc1. The van der Waals surface area contributed by atoms with Gasteiger partial charge in [-0.1, -0.05) is 29.8 Å². The van der Waals surface area contributed by atoms with E-state index in [0.29, 0.717) is 35.0 Å². The van der Waals surface area contributed by atoms with Crippen LogP contribution in [-0.4, -0.2) is 37.1 Å². The number of anilines is 1. The van der Waals surface area contributed by atoms with Gasteiger partial charge in [-0.3, -0.25) is 14.4 Å². The van der Waals surface area contributed by atoms with Gasteiger partial charge in [0, 0.05) is 23.0 Å². The van der Waals surface area contributed by atoms with Crippen LogP contribution in [0, 0.1) is 6.92 Å². The molecule has 9 heteroatoms. The van der Waals surface area contributed by atoms with E-state index in [9.17, 15) is 14.4 Å². The first-order valence-electron chi connectivity index (χ1n) is 9.59. The molecule has 3 N–H and O–H groups in total. The normalized spacial score (nSPS) is 10.9. The minimum atomic E-state index is -0.946. The molecule has 0 aliphatic heterocycles. The molecule has 0 bridgehead atoms. The predicted octanol–water partition coefficient (Wildman–Crippen LogP) is 2.84. The van der Waals surface area contributed by atoms with Crippen molar-refractivity contribution in [1.82, 2.24) is 10.7 Å². The summed E-state index contributed by atoms with van der Waals surface area (Å²) in [5, 5.41) is 9.55. The van der Waals surface area contributed by atoms with Crippen molar-refractivity contribution in [2.75, 3.05) is 19.0 Å². The van der Waals surface area contributed by atoms with E-state index in [-0.39, 0.29) is 12.3 Å². The molecule has 3 amide bonds. The second kappa shape index (κ2) is 11.7. The van der Waals surface area contributed by atoms with E-state index in [1.165, 1.54) is 0 Å². The highest BCUT2D eigenvalue weighted by molar-refractivity contribution is 6.40. The van der Waals surface area contributed by atoms with Crippen LogP contribution >= 0.6 is 11.6 Å². The fourth-order valence-corrected chi connectivity index (χ4v) is 2.77. The van der Waals surface area contributed by atoms with Crippen molar-refractivity contribution in [2.24, 2.45) is 5.10 Å². The Kier molecular flexibility index (Phi) is 9.02. The maximum atomic E-state index is 12.0. The first kappa shape index (κ1) is 23.9. The predicted molar refractivity (Wildman–Crippen MR) is 120 cm³/mol. The molecule has 0 heterocycles. The molecule has 0 saturated carbocycles. The fraction of sp³-hybridized carbons (Fsp3) is 0.273. The summed E-state index contributed by atoms with van der Waals surface area (Å²) in [4.78, 5) is 36.0. The standard InChI is InChI=1S/C22H25ClN4O4/c1-14(13-20(28)24-12-11-16-7-9-17(31-3)10-8-16)26-27-22(30)21(29)25-19-6-4-5-18(23)15(19)2/h4-10H,11-13H2,1-3H3,(H,24,28)(H,25,29)(H,27,30). The van der Waals surface area contributed by atoms with Gasteiger partial charge in [-0.2, -0.15) is 5.10 Å². The number of nitrogens with zero attached hydrogens (tertiary/aromatic N) is 1. The molecule has 0 aliphatic carbocycles. The molecule has 0 fully saturated rings.